The summed E-state index contributed by atoms with van der Waals surface area (Å²) in [5.41, 5.74) is -0.0966. The Morgan fingerprint density at radius 2 is 2.41 bits per heavy atom. The summed E-state index contributed by atoms with van der Waals surface area (Å²) in [5, 5.41) is 3.31. The van der Waals surface area contributed by atoms with E-state index in [1.54, 1.807) is 7.11 Å². The van der Waals surface area contributed by atoms with Gasteiger partial charge >= 0.3 is 0 Å². The maximum atomic E-state index is 11.4. The number of anilines is 1. The van der Waals surface area contributed by atoms with Gasteiger partial charge in [-0.3, -0.25) is 4.79 Å². The molecule has 1 aliphatic rings. The van der Waals surface area contributed by atoms with Crippen LogP contribution in [0.2, 0.25) is 0 Å². The second kappa shape index (κ2) is 5.31. The van der Waals surface area contributed by atoms with Crippen LogP contribution in [0.25, 0.3) is 0 Å². The maximum absolute atomic E-state index is 11.4. The molecule has 0 spiro atoms. The highest BCUT2D eigenvalue weighted by Crippen LogP contribution is 2.23. The predicted molar refractivity (Wildman–Crippen MR) is 66.3 cm³/mol. The van der Waals surface area contributed by atoms with E-state index >= 15 is 0 Å². The fraction of sp³-hybridized carbons (Fsp3) is 0.667. The number of hydrogen-bond acceptors (Lipinski definition) is 4. The Hall–Kier alpha value is -1.36. The highest BCUT2D eigenvalue weighted by molar-refractivity contribution is 5.34. The summed E-state index contributed by atoms with van der Waals surface area (Å²) in [6.07, 6.45) is 4.18. The second-order valence-electron chi connectivity index (χ2n) is 4.44. The second-order valence-corrected chi connectivity index (χ2v) is 4.44. The van der Waals surface area contributed by atoms with Crippen molar-refractivity contribution in [1.82, 2.24) is 9.97 Å². The molecule has 17 heavy (non-hydrogen) atoms. The van der Waals surface area contributed by atoms with Gasteiger partial charge in [-0.15, -0.1) is 0 Å². The Morgan fingerprint density at radius 3 is 3.06 bits per heavy atom. The molecule has 1 aliphatic carbocycles. The number of ether oxygens (including phenoxy) is 1. The quantitative estimate of drug-likeness (QED) is 0.828. The molecule has 0 saturated heterocycles. The van der Waals surface area contributed by atoms with Crippen molar-refractivity contribution in [1.29, 1.82) is 0 Å². The van der Waals surface area contributed by atoms with Gasteiger partial charge in [-0.2, -0.15) is 0 Å². The summed E-state index contributed by atoms with van der Waals surface area (Å²) >= 11 is 0. The van der Waals surface area contributed by atoms with Crippen LogP contribution in [-0.4, -0.2) is 29.2 Å². The van der Waals surface area contributed by atoms with Crippen LogP contribution in [0.15, 0.2) is 10.9 Å². The number of H-pyrrole nitrogens is 1. The number of rotatable bonds is 4. The zero-order valence-corrected chi connectivity index (χ0v) is 10.3. The molecule has 2 N–H and O–H groups in total. The average Bonchev–Trinajstić information content (AvgIpc) is 2.76. The van der Waals surface area contributed by atoms with Crippen molar-refractivity contribution in [3.63, 3.8) is 0 Å². The van der Waals surface area contributed by atoms with E-state index in [0.29, 0.717) is 18.0 Å². The van der Waals surface area contributed by atoms with Crippen LogP contribution in [0.5, 0.6) is 0 Å². The standard InChI is InChI=1S/C12H19N3O2/c1-3-10-14-11(7-12(16)15-10)13-8-4-5-9(6-8)17-2/h7-9H,3-6H2,1-2H3,(H2,13,14,15,16). The van der Waals surface area contributed by atoms with Gasteiger partial charge in [0.15, 0.2) is 0 Å². The first-order valence-electron chi connectivity index (χ1n) is 6.10. The van der Waals surface area contributed by atoms with Crippen molar-refractivity contribution in [2.45, 2.75) is 44.8 Å². The van der Waals surface area contributed by atoms with Gasteiger partial charge in [0, 0.05) is 25.6 Å². The third-order valence-corrected chi connectivity index (χ3v) is 3.20. The van der Waals surface area contributed by atoms with E-state index in [4.69, 9.17) is 4.74 Å². The van der Waals surface area contributed by atoms with Gasteiger partial charge in [0.2, 0.25) is 0 Å². The summed E-state index contributed by atoms with van der Waals surface area (Å²) in [7, 11) is 1.74. The summed E-state index contributed by atoms with van der Waals surface area (Å²) in [4.78, 5) is 18.5. The molecular formula is C12H19N3O2. The van der Waals surface area contributed by atoms with Gasteiger partial charge in [-0.05, 0) is 19.3 Å². The first kappa shape index (κ1) is 12.1. The third-order valence-electron chi connectivity index (χ3n) is 3.20. The molecule has 5 nitrogen and oxygen atoms in total. The Kier molecular flexibility index (Phi) is 3.78. The number of nitrogens with one attached hydrogen (secondary N) is 2. The van der Waals surface area contributed by atoms with Crippen molar-refractivity contribution in [3.8, 4) is 0 Å². The van der Waals surface area contributed by atoms with E-state index in [0.717, 1.165) is 31.5 Å². The number of aromatic amines is 1. The number of aryl methyl sites for hydroxylation is 1. The van der Waals surface area contributed by atoms with Crippen LogP contribution in [0, 0.1) is 0 Å². The van der Waals surface area contributed by atoms with Crippen LogP contribution in [0.3, 0.4) is 0 Å². The maximum Gasteiger partial charge on any atom is 0.252 e. The highest BCUT2D eigenvalue weighted by atomic mass is 16.5. The lowest BCUT2D eigenvalue weighted by Gasteiger charge is -2.13. The Bertz CT molecular complexity index is 430. The van der Waals surface area contributed by atoms with Crippen molar-refractivity contribution < 1.29 is 4.74 Å². The Balaban J connectivity index is 2.04. The zero-order valence-electron chi connectivity index (χ0n) is 10.3. The Morgan fingerprint density at radius 1 is 1.59 bits per heavy atom. The molecule has 1 aromatic heterocycles. The van der Waals surface area contributed by atoms with E-state index in [1.807, 2.05) is 6.92 Å². The summed E-state index contributed by atoms with van der Waals surface area (Å²) in [5.74, 6) is 1.40. The molecule has 0 bridgehead atoms. The molecule has 0 radical (unpaired) electrons. The first-order chi connectivity index (χ1) is 8.21. The van der Waals surface area contributed by atoms with Crippen LogP contribution >= 0.6 is 0 Å². The monoisotopic (exact) mass is 237 g/mol. The minimum absolute atomic E-state index is 0.0966. The molecule has 1 heterocycles. The summed E-state index contributed by atoms with van der Waals surface area (Å²) in [6.45, 7) is 1.97. The molecular weight excluding hydrogens is 218 g/mol. The van der Waals surface area contributed by atoms with E-state index in [9.17, 15) is 4.79 Å². The van der Waals surface area contributed by atoms with Crippen LogP contribution < -0.4 is 10.9 Å². The smallest absolute Gasteiger partial charge is 0.252 e. The van der Waals surface area contributed by atoms with E-state index in [1.165, 1.54) is 6.07 Å². The van der Waals surface area contributed by atoms with E-state index in [2.05, 4.69) is 15.3 Å². The van der Waals surface area contributed by atoms with Crippen LogP contribution in [-0.2, 0) is 11.2 Å². The van der Waals surface area contributed by atoms with Crippen molar-refractivity contribution in [2.75, 3.05) is 12.4 Å². The molecule has 1 fully saturated rings. The van der Waals surface area contributed by atoms with Crippen LogP contribution in [0.4, 0.5) is 5.82 Å². The van der Waals surface area contributed by atoms with Gasteiger partial charge in [-0.25, -0.2) is 4.98 Å². The molecule has 2 rings (SSSR count). The van der Waals surface area contributed by atoms with Crippen molar-refractivity contribution in [2.24, 2.45) is 0 Å². The molecule has 2 unspecified atom stereocenters. The van der Waals surface area contributed by atoms with Gasteiger partial charge in [0.25, 0.3) is 5.56 Å². The van der Waals surface area contributed by atoms with Crippen LogP contribution in [0.1, 0.15) is 32.0 Å². The zero-order chi connectivity index (χ0) is 12.3. The van der Waals surface area contributed by atoms with E-state index in [-0.39, 0.29) is 5.56 Å². The third kappa shape index (κ3) is 3.06. The largest absolute Gasteiger partial charge is 0.381 e. The lowest BCUT2D eigenvalue weighted by molar-refractivity contribution is 0.108. The molecule has 0 aliphatic heterocycles. The Labute approximate surface area is 101 Å². The lowest BCUT2D eigenvalue weighted by atomic mass is 10.2. The molecule has 0 amide bonds. The van der Waals surface area contributed by atoms with Crippen molar-refractivity contribution >= 4 is 5.82 Å². The van der Waals surface area contributed by atoms with Crippen molar-refractivity contribution in [3.05, 3.63) is 22.2 Å². The first-order valence-corrected chi connectivity index (χ1v) is 6.10. The normalized spacial score (nSPS) is 23.9. The molecule has 1 saturated carbocycles. The molecule has 2 atom stereocenters. The molecule has 5 heteroatoms. The number of nitrogens with zero attached hydrogens (tertiary/aromatic N) is 1. The van der Waals surface area contributed by atoms with Gasteiger partial charge in [-0.1, -0.05) is 6.92 Å². The minimum Gasteiger partial charge on any atom is -0.381 e. The van der Waals surface area contributed by atoms with E-state index < -0.39 is 0 Å². The van der Waals surface area contributed by atoms with Gasteiger partial charge in [0.05, 0.1) is 6.10 Å². The highest BCUT2D eigenvalue weighted by Gasteiger charge is 2.24. The minimum atomic E-state index is -0.0966. The lowest BCUT2D eigenvalue weighted by Crippen LogP contribution is -2.21. The fourth-order valence-corrected chi connectivity index (χ4v) is 2.24. The van der Waals surface area contributed by atoms with Gasteiger partial charge in [0.1, 0.15) is 11.6 Å². The molecule has 1 aromatic rings. The number of methoxy groups -OCH3 is 1. The fourth-order valence-electron chi connectivity index (χ4n) is 2.24. The summed E-state index contributed by atoms with van der Waals surface area (Å²) in [6, 6.07) is 1.87. The number of hydrogen-bond donors (Lipinski definition) is 2. The number of aromatic nitrogens is 2. The molecule has 0 aromatic carbocycles. The predicted octanol–water partition coefficient (Wildman–Crippen LogP) is 1.31. The average molecular weight is 237 g/mol. The van der Waals surface area contributed by atoms with Gasteiger partial charge < -0.3 is 15.0 Å². The molecule has 94 valence electrons. The SMILES string of the molecule is CCc1nc(NC2CCC(OC)C2)cc(=O)[nH]1. The topological polar surface area (TPSA) is 67.0 Å². The summed E-state index contributed by atoms with van der Waals surface area (Å²) < 4.78 is 5.32.